The van der Waals surface area contributed by atoms with Crippen LogP contribution < -0.4 is 10.5 Å². The van der Waals surface area contributed by atoms with E-state index in [1.807, 2.05) is 19.1 Å². The molecule has 2 N–H and O–H groups in total. The van der Waals surface area contributed by atoms with Gasteiger partial charge in [0.1, 0.15) is 17.2 Å². The van der Waals surface area contributed by atoms with Crippen molar-refractivity contribution in [1.29, 1.82) is 0 Å². The predicted octanol–water partition coefficient (Wildman–Crippen LogP) is 2.42. The number of aryl methyl sites for hydroxylation is 1. The van der Waals surface area contributed by atoms with Gasteiger partial charge in [0.25, 0.3) is 6.01 Å². The summed E-state index contributed by atoms with van der Waals surface area (Å²) in [6.07, 6.45) is 1.74. The molecule has 0 spiro atoms. The maximum Gasteiger partial charge on any atom is 0.292 e. The Morgan fingerprint density at radius 1 is 1.41 bits per heavy atom. The van der Waals surface area contributed by atoms with E-state index in [0.29, 0.717) is 0 Å². The summed E-state index contributed by atoms with van der Waals surface area (Å²) in [4.78, 5) is 4.25. The van der Waals surface area contributed by atoms with E-state index < -0.39 is 0 Å². The maximum absolute atomic E-state index is 5.60. The van der Waals surface area contributed by atoms with Gasteiger partial charge >= 0.3 is 0 Å². The molecule has 0 radical (unpaired) electrons. The molecule has 0 fully saturated rings. The molecule has 1 aliphatic heterocycles. The largest absolute Gasteiger partial charge is 0.493 e. The first-order valence-corrected chi connectivity index (χ1v) is 5.79. The molecule has 3 rings (SSSR count). The lowest BCUT2D eigenvalue weighted by molar-refractivity contribution is 0.357. The van der Waals surface area contributed by atoms with Gasteiger partial charge in [-0.3, -0.25) is 0 Å². The van der Waals surface area contributed by atoms with Gasteiger partial charge < -0.3 is 14.9 Å². The van der Waals surface area contributed by atoms with Crippen LogP contribution in [-0.2, 0) is 12.8 Å². The average Bonchev–Trinajstić information content (AvgIpc) is 2.93. The summed E-state index contributed by atoms with van der Waals surface area (Å²) in [5.74, 6) is 1.81. The number of anilines is 1. The highest BCUT2D eigenvalue weighted by Gasteiger charge is 2.16. The van der Waals surface area contributed by atoms with Crippen molar-refractivity contribution in [2.75, 3.05) is 12.3 Å². The SMILES string of the molecule is CCc1oc(N)nc1-c1ccc2c(c1)CCO2. The highest BCUT2D eigenvalue weighted by molar-refractivity contribution is 5.65. The minimum absolute atomic E-state index is 0.230. The van der Waals surface area contributed by atoms with Crippen LogP contribution >= 0.6 is 0 Å². The second kappa shape index (κ2) is 3.80. The summed E-state index contributed by atoms with van der Waals surface area (Å²) < 4.78 is 10.9. The minimum Gasteiger partial charge on any atom is -0.493 e. The van der Waals surface area contributed by atoms with Crippen molar-refractivity contribution in [3.05, 3.63) is 29.5 Å². The lowest BCUT2D eigenvalue weighted by atomic mass is 10.0. The summed E-state index contributed by atoms with van der Waals surface area (Å²) in [6, 6.07) is 6.33. The van der Waals surface area contributed by atoms with Gasteiger partial charge in [-0.1, -0.05) is 6.92 Å². The van der Waals surface area contributed by atoms with Crippen molar-refractivity contribution in [3.63, 3.8) is 0 Å². The molecule has 0 saturated heterocycles. The second-order valence-corrected chi connectivity index (χ2v) is 4.10. The van der Waals surface area contributed by atoms with E-state index in [-0.39, 0.29) is 6.01 Å². The smallest absolute Gasteiger partial charge is 0.292 e. The lowest BCUT2D eigenvalue weighted by Gasteiger charge is -2.02. The van der Waals surface area contributed by atoms with Crippen LogP contribution in [-0.4, -0.2) is 11.6 Å². The Balaban J connectivity index is 2.08. The minimum atomic E-state index is 0.230. The summed E-state index contributed by atoms with van der Waals surface area (Å²) in [5.41, 5.74) is 8.73. The number of fused-ring (bicyclic) bond motifs is 1. The molecule has 0 atom stereocenters. The molecule has 1 aromatic carbocycles. The van der Waals surface area contributed by atoms with Crippen molar-refractivity contribution in [1.82, 2.24) is 4.98 Å². The first-order chi connectivity index (χ1) is 8.28. The fraction of sp³-hybridized carbons (Fsp3) is 0.308. The van der Waals surface area contributed by atoms with E-state index in [0.717, 1.165) is 42.2 Å². The first kappa shape index (κ1) is 10.2. The molecule has 1 aromatic heterocycles. The van der Waals surface area contributed by atoms with Gasteiger partial charge in [-0.25, -0.2) is 0 Å². The molecule has 17 heavy (non-hydrogen) atoms. The molecule has 2 heterocycles. The zero-order chi connectivity index (χ0) is 11.8. The Morgan fingerprint density at radius 2 is 2.29 bits per heavy atom. The van der Waals surface area contributed by atoms with Crippen LogP contribution in [0.3, 0.4) is 0 Å². The molecule has 88 valence electrons. The van der Waals surface area contributed by atoms with Crippen molar-refractivity contribution in [2.24, 2.45) is 0 Å². The highest BCUT2D eigenvalue weighted by Crippen LogP contribution is 2.32. The van der Waals surface area contributed by atoms with Gasteiger partial charge in [-0.15, -0.1) is 0 Å². The number of benzene rings is 1. The third kappa shape index (κ3) is 1.65. The average molecular weight is 230 g/mol. The van der Waals surface area contributed by atoms with Crippen LogP contribution in [0.25, 0.3) is 11.3 Å². The summed E-state index contributed by atoms with van der Waals surface area (Å²) in [7, 11) is 0. The Morgan fingerprint density at radius 3 is 3.12 bits per heavy atom. The van der Waals surface area contributed by atoms with Gasteiger partial charge in [0.05, 0.1) is 6.61 Å². The summed E-state index contributed by atoms with van der Waals surface area (Å²) in [5, 5.41) is 0. The van der Waals surface area contributed by atoms with Gasteiger partial charge in [0, 0.05) is 18.4 Å². The van der Waals surface area contributed by atoms with Gasteiger partial charge in [-0.05, 0) is 23.8 Å². The first-order valence-electron chi connectivity index (χ1n) is 5.79. The fourth-order valence-corrected chi connectivity index (χ4v) is 2.17. The number of hydrogen-bond donors (Lipinski definition) is 1. The molecule has 4 nitrogen and oxygen atoms in total. The topological polar surface area (TPSA) is 61.3 Å². The fourth-order valence-electron chi connectivity index (χ4n) is 2.17. The molecule has 0 amide bonds. The van der Waals surface area contributed by atoms with Crippen molar-refractivity contribution in [3.8, 4) is 17.0 Å². The molecule has 1 aliphatic rings. The Kier molecular flexibility index (Phi) is 2.28. The van der Waals surface area contributed by atoms with Crippen molar-refractivity contribution in [2.45, 2.75) is 19.8 Å². The van der Waals surface area contributed by atoms with Gasteiger partial charge in [0.15, 0.2) is 0 Å². The van der Waals surface area contributed by atoms with Crippen LogP contribution in [0.5, 0.6) is 5.75 Å². The van der Waals surface area contributed by atoms with Gasteiger partial charge in [-0.2, -0.15) is 4.98 Å². The molecule has 2 aromatic rings. The van der Waals surface area contributed by atoms with Crippen LogP contribution in [0.15, 0.2) is 22.6 Å². The number of ether oxygens (including phenoxy) is 1. The quantitative estimate of drug-likeness (QED) is 0.860. The third-order valence-electron chi connectivity index (χ3n) is 3.00. The maximum atomic E-state index is 5.60. The molecule has 0 aliphatic carbocycles. The van der Waals surface area contributed by atoms with Gasteiger partial charge in [0.2, 0.25) is 0 Å². The van der Waals surface area contributed by atoms with E-state index >= 15 is 0 Å². The number of oxazole rings is 1. The molecular weight excluding hydrogens is 216 g/mol. The number of hydrogen-bond acceptors (Lipinski definition) is 4. The van der Waals surface area contributed by atoms with E-state index in [2.05, 4.69) is 11.1 Å². The second-order valence-electron chi connectivity index (χ2n) is 4.10. The molecule has 0 bridgehead atoms. The van der Waals surface area contributed by atoms with Crippen LogP contribution in [0.1, 0.15) is 18.2 Å². The Bertz CT molecular complexity index is 561. The summed E-state index contributed by atoms with van der Waals surface area (Å²) >= 11 is 0. The number of aromatic nitrogens is 1. The standard InChI is InChI=1S/C13H14N2O2/c1-2-10-12(15-13(14)17-10)9-3-4-11-8(7-9)5-6-16-11/h3-4,7H,2,5-6H2,1H3,(H2,14,15). The molecule has 0 saturated carbocycles. The van der Waals surface area contributed by atoms with Crippen molar-refractivity contribution < 1.29 is 9.15 Å². The monoisotopic (exact) mass is 230 g/mol. The molecular formula is C13H14N2O2. The zero-order valence-corrected chi connectivity index (χ0v) is 9.69. The molecule has 4 heteroatoms. The zero-order valence-electron chi connectivity index (χ0n) is 9.69. The predicted molar refractivity (Wildman–Crippen MR) is 64.9 cm³/mol. The third-order valence-corrected chi connectivity index (χ3v) is 3.00. The van der Waals surface area contributed by atoms with Crippen LogP contribution in [0, 0.1) is 0 Å². The molecule has 0 unspecified atom stereocenters. The van der Waals surface area contributed by atoms with E-state index in [1.165, 1.54) is 5.56 Å². The lowest BCUT2D eigenvalue weighted by Crippen LogP contribution is -1.87. The van der Waals surface area contributed by atoms with Crippen LogP contribution in [0.2, 0.25) is 0 Å². The van der Waals surface area contributed by atoms with Crippen molar-refractivity contribution >= 4 is 6.01 Å². The number of nitrogens with zero attached hydrogens (tertiary/aromatic N) is 1. The van der Waals surface area contributed by atoms with E-state index in [9.17, 15) is 0 Å². The Labute approximate surface area is 99.4 Å². The number of nitrogens with two attached hydrogens (primary N) is 1. The van der Waals surface area contributed by atoms with Crippen LogP contribution in [0.4, 0.5) is 6.01 Å². The Hall–Kier alpha value is -1.97. The highest BCUT2D eigenvalue weighted by atomic mass is 16.5. The normalized spacial score (nSPS) is 13.5. The summed E-state index contributed by atoms with van der Waals surface area (Å²) in [6.45, 7) is 2.79. The van der Waals surface area contributed by atoms with E-state index in [4.69, 9.17) is 14.9 Å². The number of nitrogen functional groups attached to an aromatic ring is 1. The number of rotatable bonds is 2. The van der Waals surface area contributed by atoms with E-state index in [1.54, 1.807) is 0 Å².